The van der Waals surface area contributed by atoms with Crippen molar-refractivity contribution < 1.29 is 13.2 Å². The number of carbonyl (C=O) groups is 1. The normalized spacial score (nSPS) is 18.7. The molecule has 0 saturated carbocycles. The summed E-state index contributed by atoms with van der Waals surface area (Å²) in [4.78, 5) is 36.9. The second-order valence-electron chi connectivity index (χ2n) is 7.94. The third kappa shape index (κ3) is 4.74. The number of pyridine rings is 1. The van der Waals surface area contributed by atoms with Gasteiger partial charge in [-0.2, -0.15) is 0 Å². The van der Waals surface area contributed by atoms with E-state index in [4.69, 9.17) is 4.98 Å². The van der Waals surface area contributed by atoms with Gasteiger partial charge in [-0.15, -0.1) is 11.3 Å². The summed E-state index contributed by atoms with van der Waals surface area (Å²) < 4.78 is 24.9. The van der Waals surface area contributed by atoms with Gasteiger partial charge in [-0.25, -0.2) is 13.4 Å². The van der Waals surface area contributed by atoms with Gasteiger partial charge < -0.3 is 5.32 Å². The zero-order valence-corrected chi connectivity index (χ0v) is 20.4. The van der Waals surface area contributed by atoms with Crippen LogP contribution in [0.5, 0.6) is 0 Å². The van der Waals surface area contributed by atoms with E-state index in [0.717, 1.165) is 16.1 Å². The highest BCUT2D eigenvalue weighted by Gasteiger charge is 2.30. The maximum atomic E-state index is 13.4. The third-order valence-corrected chi connectivity index (χ3v) is 9.49. The van der Waals surface area contributed by atoms with Crippen LogP contribution in [0.4, 0.5) is 0 Å². The van der Waals surface area contributed by atoms with E-state index < -0.39 is 15.1 Å². The Balaban J connectivity index is 1.65. The largest absolute Gasteiger partial charge is 0.351 e. The zero-order chi connectivity index (χ0) is 23.0. The molecular formula is C21H24N4O4S3. The van der Waals surface area contributed by atoms with Gasteiger partial charge in [-0.05, 0) is 44.9 Å². The second-order valence-corrected chi connectivity index (χ2v) is 12.7. The second kappa shape index (κ2) is 8.95. The summed E-state index contributed by atoms with van der Waals surface area (Å²) in [7, 11) is -3.08. The van der Waals surface area contributed by atoms with E-state index in [1.807, 2.05) is 32.0 Å². The summed E-state index contributed by atoms with van der Waals surface area (Å²) in [6, 6.07) is 5.14. The third-order valence-electron chi connectivity index (χ3n) is 5.53. The van der Waals surface area contributed by atoms with Crippen LogP contribution in [0.25, 0.3) is 10.2 Å². The number of rotatable bonds is 6. The minimum Gasteiger partial charge on any atom is -0.351 e. The van der Waals surface area contributed by atoms with E-state index in [0.29, 0.717) is 21.8 Å². The van der Waals surface area contributed by atoms with Crippen LogP contribution < -0.4 is 10.9 Å². The molecule has 1 fully saturated rings. The number of aromatic nitrogens is 3. The lowest BCUT2D eigenvalue weighted by Crippen LogP contribution is -2.40. The van der Waals surface area contributed by atoms with E-state index in [1.54, 1.807) is 17.7 Å². The number of hydrogen-bond donors (Lipinski definition) is 1. The monoisotopic (exact) mass is 492 g/mol. The molecule has 1 saturated heterocycles. The van der Waals surface area contributed by atoms with Crippen molar-refractivity contribution in [3.63, 3.8) is 0 Å². The lowest BCUT2D eigenvalue weighted by Gasteiger charge is -2.17. The van der Waals surface area contributed by atoms with Crippen molar-refractivity contribution in [1.29, 1.82) is 0 Å². The van der Waals surface area contributed by atoms with Crippen LogP contribution >= 0.6 is 23.1 Å². The van der Waals surface area contributed by atoms with Gasteiger partial charge in [0.05, 0.1) is 34.4 Å². The first-order chi connectivity index (χ1) is 15.1. The molecule has 11 heteroatoms. The van der Waals surface area contributed by atoms with Gasteiger partial charge in [0.1, 0.15) is 4.83 Å². The average Bonchev–Trinajstić information content (AvgIpc) is 3.23. The first-order valence-electron chi connectivity index (χ1n) is 10.2. The summed E-state index contributed by atoms with van der Waals surface area (Å²) in [5, 5.41) is 3.31. The highest BCUT2D eigenvalue weighted by molar-refractivity contribution is 8.00. The van der Waals surface area contributed by atoms with E-state index in [2.05, 4.69) is 10.3 Å². The first-order valence-corrected chi connectivity index (χ1v) is 13.7. The van der Waals surface area contributed by atoms with Crippen molar-refractivity contribution in [2.45, 2.75) is 50.2 Å². The number of thioether (sulfide) groups is 1. The molecule has 170 valence electrons. The summed E-state index contributed by atoms with van der Waals surface area (Å²) in [5.41, 5.74) is 1.48. The summed E-state index contributed by atoms with van der Waals surface area (Å²) in [5.74, 6) is -0.203. The van der Waals surface area contributed by atoms with Crippen LogP contribution in [-0.4, -0.2) is 51.7 Å². The number of aryl methyl sites for hydroxylation is 2. The van der Waals surface area contributed by atoms with Gasteiger partial charge in [0.25, 0.3) is 5.56 Å². The van der Waals surface area contributed by atoms with Crippen molar-refractivity contribution in [2.75, 3.05) is 11.5 Å². The molecule has 0 bridgehead atoms. The smallest absolute Gasteiger partial charge is 0.263 e. The van der Waals surface area contributed by atoms with Gasteiger partial charge in [0.15, 0.2) is 15.0 Å². The van der Waals surface area contributed by atoms with Crippen molar-refractivity contribution in [2.24, 2.45) is 0 Å². The molecule has 1 amide bonds. The molecule has 3 aromatic rings. The zero-order valence-electron chi connectivity index (χ0n) is 18.0. The molecule has 4 heterocycles. The number of nitrogens with zero attached hydrogens (tertiary/aromatic N) is 3. The number of carbonyl (C=O) groups excluding carboxylic acids is 1. The van der Waals surface area contributed by atoms with Gasteiger partial charge in [-0.1, -0.05) is 17.8 Å². The number of nitrogens with one attached hydrogen (secondary N) is 1. The van der Waals surface area contributed by atoms with Crippen molar-refractivity contribution in [3.05, 3.63) is 50.9 Å². The summed E-state index contributed by atoms with van der Waals surface area (Å²) in [6.07, 6.45) is 2.10. The standard InChI is InChI=1S/C21H24N4O4S3/c1-12-13(2)30-19-17(12)20(27)25(10-15-6-4-5-8-22-15)21(24-19)31-14(3)18(26)23-16-7-9-32(28,29)11-16/h4-6,8,14,16H,7,9-11H2,1-3H3,(H,23,26). The highest BCUT2D eigenvalue weighted by Crippen LogP contribution is 2.30. The first kappa shape index (κ1) is 22.9. The van der Waals surface area contributed by atoms with Crippen LogP contribution in [0.1, 0.15) is 29.5 Å². The van der Waals surface area contributed by atoms with Crippen molar-refractivity contribution in [3.8, 4) is 0 Å². The number of amides is 1. The van der Waals surface area contributed by atoms with E-state index in [9.17, 15) is 18.0 Å². The molecule has 0 spiro atoms. The fourth-order valence-electron chi connectivity index (χ4n) is 3.63. The Hall–Kier alpha value is -2.24. The fourth-order valence-corrected chi connectivity index (χ4v) is 7.29. The Bertz CT molecular complexity index is 1330. The lowest BCUT2D eigenvalue weighted by atomic mass is 10.2. The molecule has 3 aromatic heterocycles. The predicted octanol–water partition coefficient (Wildman–Crippen LogP) is 2.30. The molecule has 32 heavy (non-hydrogen) atoms. The minimum atomic E-state index is -3.08. The minimum absolute atomic E-state index is 0.0293. The Kier molecular flexibility index (Phi) is 6.42. The van der Waals surface area contributed by atoms with Crippen molar-refractivity contribution in [1.82, 2.24) is 19.9 Å². The molecule has 1 N–H and O–H groups in total. The van der Waals surface area contributed by atoms with E-state index >= 15 is 0 Å². The average molecular weight is 493 g/mol. The molecule has 8 nitrogen and oxygen atoms in total. The number of fused-ring (bicyclic) bond motifs is 1. The number of sulfone groups is 1. The Morgan fingerprint density at radius 1 is 1.38 bits per heavy atom. The van der Waals surface area contributed by atoms with Crippen molar-refractivity contribution >= 4 is 49.1 Å². The van der Waals surface area contributed by atoms with Crippen LogP contribution in [0.3, 0.4) is 0 Å². The molecule has 1 aliphatic rings. The molecule has 2 atom stereocenters. The molecule has 4 rings (SSSR count). The predicted molar refractivity (Wildman–Crippen MR) is 127 cm³/mol. The van der Waals surface area contributed by atoms with Gasteiger partial charge in [-0.3, -0.25) is 19.1 Å². The van der Waals surface area contributed by atoms with Crippen LogP contribution in [-0.2, 0) is 21.2 Å². The lowest BCUT2D eigenvalue weighted by molar-refractivity contribution is -0.120. The van der Waals surface area contributed by atoms with Gasteiger partial charge in [0.2, 0.25) is 5.91 Å². The van der Waals surface area contributed by atoms with Crippen LogP contribution in [0, 0.1) is 13.8 Å². The molecule has 0 radical (unpaired) electrons. The molecule has 1 aliphatic heterocycles. The number of thiophene rings is 1. The molecule has 0 aliphatic carbocycles. The fraction of sp³-hybridized carbons (Fsp3) is 0.429. The van der Waals surface area contributed by atoms with Gasteiger partial charge in [0, 0.05) is 17.1 Å². The Labute approximate surface area is 194 Å². The van der Waals surface area contributed by atoms with Crippen LogP contribution in [0.2, 0.25) is 0 Å². The van der Waals surface area contributed by atoms with Crippen LogP contribution in [0.15, 0.2) is 34.3 Å². The molecule has 0 aromatic carbocycles. The molecule has 2 unspecified atom stereocenters. The molecular weight excluding hydrogens is 468 g/mol. The SMILES string of the molecule is Cc1sc2nc(SC(C)C(=O)NC3CCS(=O)(=O)C3)n(Cc3ccccn3)c(=O)c2c1C. The Morgan fingerprint density at radius 2 is 2.16 bits per heavy atom. The quantitative estimate of drug-likeness (QED) is 0.415. The maximum Gasteiger partial charge on any atom is 0.263 e. The number of hydrogen-bond acceptors (Lipinski definition) is 8. The summed E-state index contributed by atoms with van der Waals surface area (Å²) >= 11 is 2.66. The van der Waals surface area contributed by atoms with E-state index in [1.165, 1.54) is 23.1 Å². The maximum absolute atomic E-state index is 13.4. The van der Waals surface area contributed by atoms with E-state index in [-0.39, 0.29) is 35.6 Å². The van der Waals surface area contributed by atoms with Gasteiger partial charge >= 0.3 is 0 Å². The highest BCUT2D eigenvalue weighted by atomic mass is 32.2. The topological polar surface area (TPSA) is 111 Å². The summed E-state index contributed by atoms with van der Waals surface area (Å²) in [6.45, 7) is 5.86. The Morgan fingerprint density at radius 3 is 2.81 bits per heavy atom.